The summed E-state index contributed by atoms with van der Waals surface area (Å²) in [4.78, 5) is 24.6. The number of esters is 1. The van der Waals surface area contributed by atoms with Gasteiger partial charge in [0.2, 0.25) is 11.6 Å². The summed E-state index contributed by atoms with van der Waals surface area (Å²) in [5.74, 6) is 1.77. The van der Waals surface area contributed by atoms with Crippen molar-refractivity contribution in [3.63, 3.8) is 0 Å². The van der Waals surface area contributed by atoms with Crippen LogP contribution in [0.5, 0.6) is 0 Å². The molecule has 6 atom stereocenters. The quantitative estimate of drug-likeness (QED) is 0.146. The van der Waals surface area contributed by atoms with E-state index >= 15 is 4.39 Å². The first kappa shape index (κ1) is 29.8. The van der Waals surface area contributed by atoms with Crippen molar-refractivity contribution in [2.45, 2.75) is 43.5 Å². The fraction of sp³-hybridized carbons (Fsp3) is 0.440. The minimum atomic E-state index is -2.92. The van der Waals surface area contributed by atoms with Gasteiger partial charge in [0.1, 0.15) is 24.7 Å². The number of fused-ring (bicyclic) bond motifs is 1. The lowest BCUT2D eigenvalue weighted by Gasteiger charge is -2.28. The number of aliphatic hydroxyl groups excluding tert-OH is 1. The Morgan fingerprint density at radius 1 is 1.43 bits per heavy atom. The zero-order valence-electron chi connectivity index (χ0n) is 22.2. The summed E-state index contributed by atoms with van der Waals surface area (Å²) >= 11 is 5.86. The second kappa shape index (κ2) is 12.1. The molecule has 0 bridgehead atoms. The fourth-order valence-electron chi connectivity index (χ4n) is 4.40. The number of anilines is 2. The van der Waals surface area contributed by atoms with Crippen LogP contribution in [0.25, 0.3) is 11.2 Å². The summed E-state index contributed by atoms with van der Waals surface area (Å²) in [6, 6.07) is 8.86. The predicted octanol–water partition coefficient (Wildman–Crippen LogP) is 1.77. The van der Waals surface area contributed by atoms with E-state index in [1.165, 1.54) is 18.0 Å². The number of imidazole rings is 1. The van der Waals surface area contributed by atoms with Crippen molar-refractivity contribution >= 4 is 47.1 Å². The predicted molar refractivity (Wildman–Crippen MR) is 152 cm³/mol. The third-order valence-electron chi connectivity index (χ3n) is 6.53. The molecule has 0 saturated carbocycles. The van der Waals surface area contributed by atoms with E-state index in [-0.39, 0.29) is 18.2 Å². The Hall–Kier alpha value is -3.18. The number of rotatable bonds is 11. The molecule has 1 fully saturated rings. The summed E-state index contributed by atoms with van der Waals surface area (Å²) < 4.78 is 34.3. The van der Waals surface area contributed by atoms with Gasteiger partial charge in [-0.1, -0.05) is 48.1 Å². The third kappa shape index (κ3) is 5.95. The number of methoxy groups -OCH3 is 1. The van der Waals surface area contributed by atoms with E-state index in [2.05, 4.69) is 25.4 Å². The largest absolute Gasteiger partial charge is 0.468 e. The van der Waals surface area contributed by atoms with Gasteiger partial charge < -0.3 is 30.2 Å². The number of alkyl halides is 1. The number of benzene rings is 1. The molecule has 0 aliphatic carbocycles. The molecule has 0 radical (unpaired) electrons. The average Bonchev–Trinajstić information content (AvgIpc) is 3.48. The van der Waals surface area contributed by atoms with Gasteiger partial charge in [0.05, 0.1) is 20.0 Å². The zero-order valence-corrected chi connectivity index (χ0v) is 23.9. The molecule has 1 aliphatic heterocycles. The molecular weight excluding hydrogens is 560 g/mol. The van der Waals surface area contributed by atoms with Gasteiger partial charge in [-0.3, -0.25) is 14.4 Å². The van der Waals surface area contributed by atoms with Gasteiger partial charge in [-0.05, 0) is 18.9 Å². The highest BCUT2D eigenvalue weighted by molar-refractivity contribution is 8.11. The summed E-state index contributed by atoms with van der Waals surface area (Å²) in [5.41, 5.74) is 4.65. The molecule has 0 amide bonds. The van der Waals surface area contributed by atoms with Crippen LogP contribution in [0.15, 0.2) is 36.7 Å². The number of nitrogens with one attached hydrogen (secondary N) is 2. The van der Waals surface area contributed by atoms with Gasteiger partial charge >= 0.3 is 5.97 Å². The van der Waals surface area contributed by atoms with Crippen LogP contribution in [-0.2, 0) is 37.0 Å². The summed E-state index contributed by atoms with van der Waals surface area (Å²) in [6.45, 7) is 1.31. The fourth-order valence-corrected chi connectivity index (χ4v) is 7.30. The Balaban J connectivity index is 1.58. The SMILES string of the molecule is C#C[C@@]1(F)[C@H](O)[C@@H](COP(=S)(CCc2ccccc2)N[C@@H](C)C(=O)OC)O[C@H]1n1cnc2c(NC)nc(N)nc21. The molecule has 40 heavy (non-hydrogen) atoms. The minimum absolute atomic E-state index is 0.0768. The number of halogens is 1. The number of aliphatic hydroxyl groups is 1. The van der Waals surface area contributed by atoms with Crippen LogP contribution >= 0.6 is 6.42 Å². The second-order valence-electron chi connectivity index (χ2n) is 9.19. The van der Waals surface area contributed by atoms with Gasteiger partial charge in [0.15, 0.2) is 23.2 Å². The van der Waals surface area contributed by atoms with Crippen molar-refractivity contribution in [2.75, 3.05) is 38.0 Å². The number of terminal acetylenes is 1. The van der Waals surface area contributed by atoms with E-state index in [9.17, 15) is 9.90 Å². The van der Waals surface area contributed by atoms with Crippen molar-refractivity contribution in [2.24, 2.45) is 0 Å². The number of aromatic nitrogens is 4. The smallest absolute Gasteiger partial charge is 0.322 e. The molecule has 3 heterocycles. The highest BCUT2D eigenvalue weighted by atomic mass is 32.4. The second-order valence-corrected chi connectivity index (χ2v) is 13.3. The van der Waals surface area contributed by atoms with Crippen LogP contribution in [0, 0.1) is 12.3 Å². The number of hydrogen-bond donors (Lipinski definition) is 4. The normalized spacial score (nSPS) is 24.8. The first-order chi connectivity index (χ1) is 19.0. The number of aryl methyl sites for hydroxylation is 1. The lowest BCUT2D eigenvalue weighted by atomic mass is 9.97. The van der Waals surface area contributed by atoms with Gasteiger partial charge in [-0.25, -0.2) is 9.37 Å². The number of carbonyl (C=O) groups is 1. The number of carbonyl (C=O) groups excluding carboxylic acids is 1. The van der Waals surface area contributed by atoms with E-state index < -0.39 is 42.5 Å². The van der Waals surface area contributed by atoms with E-state index in [1.807, 2.05) is 36.3 Å². The van der Waals surface area contributed by atoms with E-state index in [4.69, 9.17) is 38.0 Å². The summed E-state index contributed by atoms with van der Waals surface area (Å²) in [7, 11) is 2.90. The van der Waals surface area contributed by atoms with Crippen molar-refractivity contribution in [3.05, 3.63) is 42.2 Å². The molecular formula is C25H31FN7O5PS. The van der Waals surface area contributed by atoms with Gasteiger partial charge in [-0.2, -0.15) is 9.97 Å². The van der Waals surface area contributed by atoms with Crippen molar-refractivity contribution < 1.29 is 28.3 Å². The Kier molecular flexibility index (Phi) is 9.04. The summed E-state index contributed by atoms with van der Waals surface area (Å²) in [6.07, 6.45) is 0.368. The molecule has 5 N–H and O–H groups in total. The standard InChI is InChI=1S/C25H31FN7O5PS/c1-5-25(26)19(34)17(38-23(25)33-14-29-18-20(28-3)30-24(27)31-21(18)33)13-37-39(40,32-15(2)22(35)36-4)12-11-16-9-7-6-8-10-16/h1,6-10,14-15,17,19,23,34H,11-13H2,2-4H3,(H,32,40)(H3,27,28,30,31)/t15-,17+,19+,23+,25+,39?/m0/s1. The van der Waals surface area contributed by atoms with Crippen LogP contribution < -0.4 is 16.1 Å². The number of nitrogen functional groups attached to an aromatic ring is 1. The third-order valence-corrected chi connectivity index (χ3v) is 9.86. The van der Waals surface area contributed by atoms with Gasteiger partial charge in [-0.15, -0.1) is 6.42 Å². The lowest BCUT2D eigenvalue weighted by Crippen LogP contribution is -2.42. The molecule has 214 valence electrons. The van der Waals surface area contributed by atoms with Crippen LogP contribution in [0.2, 0.25) is 0 Å². The first-order valence-corrected chi connectivity index (χ1v) is 15.3. The molecule has 1 saturated heterocycles. The number of nitrogens with two attached hydrogens (primary N) is 1. The Morgan fingerprint density at radius 2 is 2.15 bits per heavy atom. The monoisotopic (exact) mass is 591 g/mol. The van der Waals surface area contributed by atoms with Gasteiger partial charge in [0, 0.05) is 13.2 Å². The highest BCUT2D eigenvalue weighted by Gasteiger charge is 2.58. The van der Waals surface area contributed by atoms with Gasteiger partial charge in [0.25, 0.3) is 0 Å². The number of hydrogen-bond acceptors (Lipinski definition) is 11. The minimum Gasteiger partial charge on any atom is -0.468 e. The molecule has 3 aromatic rings. The molecule has 1 aromatic carbocycles. The lowest BCUT2D eigenvalue weighted by molar-refractivity contribution is -0.142. The van der Waals surface area contributed by atoms with Crippen LogP contribution in [0.3, 0.4) is 0 Å². The molecule has 4 rings (SSSR count). The molecule has 1 unspecified atom stereocenters. The Labute approximate surface area is 236 Å². The van der Waals surface area contributed by atoms with Crippen molar-refractivity contribution in [1.82, 2.24) is 24.6 Å². The van der Waals surface area contributed by atoms with Crippen LogP contribution in [0.1, 0.15) is 18.7 Å². The van der Waals surface area contributed by atoms with E-state index in [1.54, 1.807) is 14.0 Å². The number of nitrogens with zero attached hydrogens (tertiary/aromatic N) is 4. The van der Waals surface area contributed by atoms with E-state index in [0.29, 0.717) is 23.9 Å². The zero-order chi connectivity index (χ0) is 29.1. The Morgan fingerprint density at radius 3 is 2.80 bits per heavy atom. The molecule has 0 spiro atoms. The van der Waals surface area contributed by atoms with Crippen LogP contribution in [-0.4, -0.2) is 81.4 Å². The molecule has 12 nitrogen and oxygen atoms in total. The first-order valence-electron chi connectivity index (χ1n) is 12.4. The maximum atomic E-state index is 16.2. The average molecular weight is 592 g/mol. The maximum absolute atomic E-state index is 16.2. The highest BCUT2D eigenvalue weighted by Crippen LogP contribution is 2.47. The number of ether oxygens (including phenoxy) is 2. The Bertz CT molecular complexity index is 1450. The summed E-state index contributed by atoms with van der Waals surface area (Å²) in [5, 5.41) is 16.9. The van der Waals surface area contributed by atoms with Crippen molar-refractivity contribution in [3.8, 4) is 12.3 Å². The van der Waals surface area contributed by atoms with Crippen molar-refractivity contribution in [1.29, 1.82) is 0 Å². The molecule has 1 aliphatic rings. The topological polar surface area (TPSA) is 159 Å². The molecule has 2 aromatic heterocycles. The maximum Gasteiger partial charge on any atom is 0.322 e. The molecule has 15 heteroatoms. The van der Waals surface area contributed by atoms with Crippen LogP contribution in [0.4, 0.5) is 16.2 Å². The van der Waals surface area contributed by atoms with E-state index in [0.717, 1.165) is 5.56 Å².